The van der Waals surface area contributed by atoms with E-state index in [4.69, 9.17) is 5.73 Å². The second-order valence-corrected chi connectivity index (χ2v) is 0.915. The average Bonchev–Trinajstić information content (AvgIpc) is 1.86. The number of rotatable bonds is 0. The Kier molecular flexibility index (Phi) is 2.22. The second kappa shape index (κ2) is 2.47. The monoisotopic (exact) mass is 118 g/mol. The van der Waals surface area contributed by atoms with Crippen LogP contribution in [0.25, 0.3) is 0 Å². The Balaban J connectivity index is 0.000000360. The molecule has 39 valence electrons. The quantitative estimate of drug-likeness (QED) is 0.471. The first kappa shape index (κ1) is 6.30. The maximum Gasteiger partial charge on any atom is 0.220 e. The molecule has 0 aromatic heterocycles. The van der Waals surface area contributed by atoms with Crippen LogP contribution in [-0.4, -0.2) is 5.96 Å². The first-order valence-electron chi connectivity index (χ1n) is 1.59. The minimum Gasteiger partial charge on any atom is -0.368 e. The van der Waals surface area contributed by atoms with Crippen molar-refractivity contribution >= 4 is 18.4 Å². The predicted molar refractivity (Wildman–Crippen MR) is 30.1 cm³/mol. The summed E-state index contributed by atoms with van der Waals surface area (Å²) in [5.41, 5.74) is 5.06. The molecule has 0 fully saturated rings. The SMILES string of the molecule is Cl.NC1=NC=C[N]1. The van der Waals surface area contributed by atoms with E-state index in [2.05, 4.69) is 10.3 Å². The average molecular weight is 119 g/mol. The Morgan fingerprint density at radius 3 is 2.29 bits per heavy atom. The van der Waals surface area contributed by atoms with E-state index in [1.54, 1.807) is 12.4 Å². The van der Waals surface area contributed by atoms with E-state index in [1.807, 2.05) is 0 Å². The highest BCUT2D eigenvalue weighted by Crippen LogP contribution is 1.80. The van der Waals surface area contributed by atoms with Crippen molar-refractivity contribution in [1.82, 2.24) is 5.32 Å². The molecule has 0 aliphatic carbocycles. The Hall–Kier alpha value is -0.700. The van der Waals surface area contributed by atoms with Gasteiger partial charge in [-0.2, -0.15) is 0 Å². The maximum atomic E-state index is 5.06. The van der Waals surface area contributed by atoms with Crippen molar-refractivity contribution in [2.45, 2.75) is 0 Å². The van der Waals surface area contributed by atoms with Crippen molar-refractivity contribution in [3.8, 4) is 0 Å². The maximum absolute atomic E-state index is 5.06. The zero-order chi connectivity index (χ0) is 4.41. The normalized spacial score (nSPS) is 14.6. The molecule has 2 N–H and O–H groups in total. The summed E-state index contributed by atoms with van der Waals surface area (Å²) in [6.07, 6.45) is 3.10. The molecule has 0 saturated carbocycles. The highest BCUT2D eigenvalue weighted by Gasteiger charge is 1.89. The first-order chi connectivity index (χ1) is 2.89. The molecule has 0 bridgehead atoms. The minimum absolute atomic E-state index is 0. The van der Waals surface area contributed by atoms with Gasteiger partial charge < -0.3 is 5.73 Å². The molecule has 0 amide bonds. The Morgan fingerprint density at radius 1 is 1.43 bits per heavy atom. The molecular formula is C3H5ClN3. The molecule has 0 saturated heterocycles. The van der Waals surface area contributed by atoms with Crippen LogP contribution in [0.2, 0.25) is 0 Å². The third kappa shape index (κ3) is 1.45. The lowest BCUT2D eigenvalue weighted by Crippen LogP contribution is -2.16. The standard InChI is InChI=1S/C3H4N3.ClH/c4-3-5-1-2-6-3;/h1-2H,(H2,4,5);1H. The topological polar surface area (TPSA) is 52.5 Å². The van der Waals surface area contributed by atoms with Gasteiger partial charge in [0, 0.05) is 12.4 Å². The summed E-state index contributed by atoms with van der Waals surface area (Å²) in [7, 11) is 0. The van der Waals surface area contributed by atoms with Crippen LogP contribution < -0.4 is 11.1 Å². The highest BCUT2D eigenvalue weighted by molar-refractivity contribution is 5.85. The van der Waals surface area contributed by atoms with Gasteiger partial charge in [0.1, 0.15) is 0 Å². The molecule has 1 heterocycles. The summed E-state index contributed by atoms with van der Waals surface area (Å²) in [5.74, 6) is 0.343. The predicted octanol–water partition coefficient (Wildman–Crippen LogP) is -0.188. The minimum atomic E-state index is 0. The van der Waals surface area contributed by atoms with Crippen LogP contribution in [0.3, 0.4) is 0 Å². The van der Waals surface area contributed by atoms with E-state index in [-0.39, 0.29) is 12.4 Å². The summed E-state index contributed by atoms with van der Waals surface area (Å²) in [6.45, 7) is 0. The number of hydrogen-bond acceptors (Lipinski definition) is 2. The van der Waals surface area contributed by atoms with Crippen molar-refractivity contribution in [2.24, 2.45) is 10.7 Å². The Bertz CT molecular complexity index is 107. The third-order valence-corrected chi connectivity index (χ3v) is 0.480. The van der Waals surface area contributed by atoms with Crippen LogP contribution in [0.15, 0.2) is 17.4 Å². The molecule has 1 rings (SSSR count). The number of hydrogen-bond donors (Lipinski definition) is 1. The van der Waals surface area contributed by atoms with Crippen LogP contribution in [0.1, 0.15) is 0 Å². The van der Waals surface area contributed by atoms with E-state index in [0.29, 0.717) is 5.96 Å². The summed E-state index contributed by atoms with van der Waals surface area (Å²) >= 11 is 0. The lowest BCUT2D eigenvalue weighted by molar-refractivity contribution is 1.26. The molecule has 0 spiro atoms. The van der Waals surface area contributed by atoms with Crippen LogP contribution in [0.5, 0.6) is 0 Å². The van der Waals surface area contributed by atoms with Gasteiger partial charge in [-0.3, -0.25) is 0 Å². The van der Waals surface area contributed by atoms with Crippen LogP contribution in [0, 0.1) is 0 Å². The molecule has 1 aliphatic heterocycles. The van der Waals surface area contributed by atoms with E-state index in [9.17, 15) is 0 Å². The van der Waals surface area contributed by atoms with Gasteiger partial charge in [0.25, 0.3) is 0 Å². The highest BCUT2D eigenvalue weighted by atomic mass is 35.5. The van der Waals surface area contributed by atoms with Gasteiger partial charge in [-0.15, -0.1) is 12.4 Å². The number of halogens is 1. The number of guanidine groups is 1. The smallest absolute Gasteiger partial charge is 0.220 e. The Morgan fingerprint density at radius 2 is 2.14 bits per heavy atom. The van der Waals surface area contributed by atoms with E-state index < -0.39 is 0 Å². The van der Waals surface area contributed by atoms with E-state index >= 15 is 0 Å². The van der Waals surface area contributed by atoms with Crippen molar-refractivity contribution in [1.29, 1.82) is 0 Å². The van der Waals surface area contributed by atoms with Crippen molar-refractivity contribution in [2.75, 3.05) is 0 Å². The summed E-state index contributed by atoms with van der Waals surface area (Å²) < 4.78 is 0. The summed E-state index contributed by atoms with van der Waals surface area (Å²) in [4.78, 5) is 3.58. The van der Waals surface area contributed by atoms with Gasteiger partial charge >= 0.3 is 0 Å². The largest absolute Gasteiger partial charge is 0.368 e. The van der Waals surface area contributed by atoms with Gasteiger partial charge in [-0.25, -0.2) is 10.3 Å². The molecule has 1 radical (unpaired) electrons. The van der Waals surface area contributed by atoms with Crippen LogP contribution in [-0.2, 0) is 0 Å². The van der Waals surface area contributed by atoms with Crippen molar-refractivity contribution < 1.29 is 0 Å². The van der Waals surface area contributed by atoms with E-state index in [0.717, 1.165) is 0 Å². The lowest BCUT2D eigenvalue weighted by atomic mass is 10.9. The molecule has 0 aromatic carbocycles. The van der Waals surface area contributed by atoms with Gasteiger partial charge in [-0.05, 0) is 0 Å². The summed E-state index contributed by atoms with van der Waals surface area (Å²) in [5, 5.41) is 3.58. The Labute approximate surface area is 47.7 Å². The summed E-state index contributed by atoms with van der Waals surface area (Å²) in [6, 6.07) is 0. The molecular weight excluding hydrogens is 114 g/mol. The molecule has 0 unspecified atom stereocenters. The fourth-order valence-corrected chi connectivity index (χ4v) is 0.253. The number of aliphatic imine (C=N–C) groups is 1. The van der Waals surface area contributed by atoms with Crippen LogP contribution in [0.4, 0.5) is 0 Å². The number of nitrogens with zero attached hydrogens (tertiary/aromatic N) is 2. The van der Waals surface area contributed by atoms with Crippen LogP contribution >= 0.6 is 12.4 Å². The molecule has 0 aromatic rings. The first-order valence-corrected chi connectivity index (χ1v) is 1.59. The van der Waals surface area contributed by atoms with Gasteiger partial charge in [0.15, 0.2) is 0 Å². The van der Waals surface area contributed by atoms with Crippen molar-refractivity contribution in [3.05, 3.63) is 12.4 Å². The molecule has 7 heavy (non-hydrogen) atoms. The number of nitrogens with two attached hydrogens (primary N) is 1. The zero-order valence-corrected chi connectivity index (χ0v) is 4.35. The second-order valence-electron chi connectivity index (χ2n) is 0.915. The van der Waals surface area contributed by atoms with Gasteiger partial charge in [0.2, 0.25) is 5.96 Å². The van der Waals surface area contributed by atoms with E-state index in [1.165, 1.54) is 0 Å². The molecule has 3 nitrogen and oxygen atoms in total. The molecule has 4 heteroatoms. The fourth-order valence-electron chi connectivity index (χ4n) is 0.253. The van der Waals surface area contributed by atoms with Gasteiger partial charge in [0.05, 0.1) is 0 Å². The lowest BCUT2D eigenvalue weighted by Gasteiger charge is -1.79. The molecule has 1 aliphatic rings. The fraction of sp³-hybridized carbons (Fsp3) is 0. The van der Waals surface area contributed by atoms with Crippen molar-refractivity contribution in [3.63, 3.8) is 0 Å². The third-order valence-electron chi connectivity index (χ3n) is 0.480. The molecule has 0 atom stereocenters. The zero-order valence-electron chi connectivity index (χ0n) is 3.53. The van der Waals surface area contributed by atoms with Gasteiger partial charge in [-0.1, -0.05) is 0 Å².